The van der Waals surface area contributed by atoms with Crippen LogP contribution in [-0.4, -0.2) is 34.7 Å². The molecule has 0 unspecified atom stereocenters. The van der Waals surface area contributed by atoms with Gasteiger partial charge in [-0.1, -0.05) is 12.1 Å². The monoisotopic (exact) mass is 410 g/mol. The predicted octanol–water partition coefficient (Wildman–Crippen LogP) is 3.30. The molecule has 2 rings (SSSR count). The second-order valence-electron chi connectivity index (χ2n) is 5.94. The lowest BCUT2D eigenvalue weighted by Crippen LogP contribution is -2.38. The second-order valence-corrected chi connectivity index (χ2v) is 5.94. The van der Waals surface area contributed by atoms with E-state index in [1.54, 1.807) is 6.92 Å². The summed E-state index contributed by atoms with van der Waals surface area (Å²) in [5.41, 5.74) is 3.38. The number of benzene rings is 2. The molecule has 0 aromatic heterocycles. The zero-order valence-electron chi connectivity index (χ0n) is 15.2. The Bertz CT molecular complexity index is 947. The molecule has 0 fully saturated rings. The highest BCUT2D eigenvalue weighted by Crippen LogP contribution is 2.34. The molecule has 2 amide bonds. The Kier molecular flexibility index (Phi) is 6.42. The quantitative estimate of drug-likeness (QED) is 0.430. The summed E-state index contributed by atoms with van der Waals surface area (Å²) in [6.07, 6.45) is -4.66. The van der Waals surface area contributed by atoms with Crippen molar-refractivity contribution in [2.45, 2.75) is 13.1 Å². The molecule has 8 nitrogen and oxygen atoms in total. The number of amides is 2. The first-order valence-corrected chi connectivity index (χ1v) is 8.33. The molecule has 0 saturated heterocycles. The summed E-state index contributed by atoms with van der Waals surface area (Å²) in [7, 11) is 0. The number of anilines is 2. The van der Waals surface area contributed by atoms with Crippen molar-refractivity contribution in [1.29, 1.82) is 0 Å². The van der Waals surface area contributed by atoms with Gasteiger partial charge >= 0.3 is 6.18 Å². The van der Waals surface area contributed by atoms with Crippen molar-refractivity contribution in [3.63, 3.8) is 0 Å². The fourth-order valence-electron chi connectivity index (χ4n) is 2.55. The number of nitrogens with zero attached hydrogens (tertiary/aromatic N) is 2. The lowest BCUT2D eigenvalue weighted by atomic mass is 10.1. The molecule has 0 saturated carbocycles. The van der Waals surface area contributed by atoms with E-state index in [0.29, 0.717) is 0 Å². The lowest BCUT2D eigenvalue weighted by molar-refractivity contribution is -0.383. The number of carbonyl (C=O) groups is 2. The zero-order chi connectivity index (χ0) is 21.8. The van der Waals surface area contributed by atoms with E-state index in [1.807, 2.05) is 0 Å². The summed E-state index contributed by atoms with van der Waals surface area (Å²) >= 11 is 0. The number of nitrogens with one attached hydrogen (secondary N) is 1. The van der Waals surface area contributed by atoms with Crippen molar-refractivity contribution >= 4 is 28.9 Å². The van der Waals surface area contributed by atoms with Crippen LogP contribution in [0.3, 0.4) is 0 Å². The van der Waals surface area contributed by atoms with Crippen LogP contribution in [0.5, 0.6) is 0 Å². The normalized spacial score (nSPS) is 11.0. The van der Waals surface area contributed by atoms with Crippen molar-refractivity contribution < 1.29 is 27.7 Å². The highest BCUT2D eigenvalue weighted by Gasteiger charge is 2.33. The number of para-hydroxylation sites is 1. The summed E-state index contributed by atoms with van der Waals surface area (Å²) in [5.74, 6) is -1.54. The van der Waals surface area contributed by atoms with Gasteiger partial charge in [-0.25, -0.2) is 0 Å². The zero-order valence-corrected chi connectivity index (χ0v) is 15.2. The Balaban J connectivity index is 2.18. The van der Waals surface area contributed by atoms with Crippen molar-refractivity contribution in [2.24, 2.45) is 0 Å². The average molecular weight is 410 g/mol. The number of alkyl halides is 3. The molecule has 0 aliphatic heterocycles. The van der Waals surface area contributed by atoms with Crippen LogP contribution in [0.15, 0.2) is 42.5 Å². The third-order valence-electron chi connectivity index (χ3n) is 3.98. The van der Waals surface area contributed by atoms with Gasteiger partial charge in [0.1, 0.15) is 12.2 Å². The molecule has 0 atom stereocenters. The minimum absolute atomic E-state index is 0.0470. The van der Waals surface area contributed by atoms with E-state index in [1.165, 1.54) is 24.3 Å². The summed E-state index contributed by atoms with van der Waals surface area (Å²) in [6.45, 7) is 1.06. The fraction of sp³-hybridized carbons (Fsp3) is 0.222. The van der Waals surface area contributed by atoms with Gasteiger partial charge in [-0.15, -0.1) is 0 Å². The fourth-order valence-corrected chi connectivity index (χ4v) is 2.55. The number of carbonyl (C=O) groups excluding carboxylic acids is 2. The van der Waals surface area contributed by atoms with Gasteiger partial charge in [0.25, 0.3) is 11.6 Å². The van der Waals surface area contributed by atoms with Gasteiger partial charge in [0.05, 0.1) is 16.2 Å². The molecule has 0 spiro atoms. The van der Waals surface area contributed by atoms with E-state index in [-0.39, 0.29) is 17.8 Å². The molecule has 0 aliphatic rings. The van der Waals surface area contributed by atoms with Gasteiger partial charge in [0.15, 0.2) is 0 Å². The van der Waals surface area contributed by atoms with Crippen LogP contribution in [0.4, 0.5) is 30.2 Å². The van der Waals surface area contributed by atoms with Crippen molar-refractivity contribution in [2.75, 3.05) is 24.1 Å². The molecular formula is C18H17F3N4O4. The number of hydrogen-bond acceptors (Lipinski definition) is 5. The van der Waals surface area contributed by atoms with Crippen LogP contribution in [-0.2, 0) is 11.0 Å². The number of rotatable bonds is 6. The Hall–Kier alpha value is -3.63. The molecule has 0 aliphatic carbocycles. The van der Waals surface area contributed by atoms with Gasteiger partial charge in [-0.3, -0.25) is 19.7 Å². The molecule has 0 radical (unpaired) electrons. The van der Waals surface area contributed by atoms with Crippen LogP contribution < -0.4 is 11.1 Å². The molecule has 2 aromatic carbocycles. The molecule has 11 heteroatoms. The van der Waals surface area contributed by atoms with Crippen LogP contribution in [0, 0.1) is 10.1 Å². The van der Waals surface area contributed by atoms with Gasteiger partial charge in [-0.05, 0) is 31.2 Å². The SMILES string of the molecule is CCN(CC(=O)Nc1ccccc1C(F)(F)F)C(=O)c1ccc(N)c([N+](=O)[O-])c1. The van der Waals surface area contributed by atoms with Gasteiger partial charge in [0, 0.05) is 18.2 Å². The topological polar surface area (TPSA) is 119 Å². The molecule has 154 valence electrons. The minimum atomic E-state index is -4.66. The van der Waals surface area contributed by atoms with E-state index in [2.05, 4.69) is 5.32 Å². The van der Waals surface area contributed by atoms with Gasteiger partial charge in [-0.2, -0.15) is 13.2 Å². The Morgan fingerprint density at radius 3 is 2.45 bits per heavy atom. The molecule has 29 heavy (non-hydrogen) atoms. The third-order valence-corrected chi connectivity index (χ3v) is 3.98. The maximum absolute atomic E-state index is 13.0. The number of nitrogens with two attached hydrogens (primary N) is 1. The van der Waals surface area contributed by atoms with Crippen molar-refractivity contribution in [3.05, 3.63) is 63.7 Å². The van der Waals surface area contributed by atoms with Crippen LogP contribution >= 0.6 is 0 Å². The number of likely N-dealkylation sites (N-methyl/N-ethyl adjacent to an activating group) is 1. The first kappa shape index (κ1) is 21.7. The third kappa shape index (κ3) is 5.21. The second kappa shape index (κ2) is 8.59. The number of nitrogen functional groups attached to an aromatic ring is 1. The highest BCUT2D eigenvalue weighted by atomic mass is 19.4. The number of halogens is 3. The first-order valence-electron chi connectivity index (χ1n) is 8.33. The molecule has 2 aromatic rings. The molecule has 0 bridgehead atoms. The smallest absolute Gasteiger partial charge is 0.393 e. The van der Waals surface area contributed by atoms with Gasteiger partial charge in [0.2, 0.25) is 5.91 Å². The summed E-state index contributed by atoms with van der Waals surface area (Å²) in [5, 5.41) is 13.1. The minimum Gasteiger partial charge on any atom is -0.393 e. The van der Waals surface area contributed by atoms with Crippen LogP contribution in [0.1, 0.15) is 22.8 Å². The first-order chi connectivity index (χ1) is 13.5. The van der Waals surface area contributed by atoms with Gasteiger partial charge < -0.3 is 16.0 Å². The van der Waals surface area contributed by atoms with E-state index in [9.17, 15) is 32.9 Å². The van der Waals surface area contributed by atoms with E-state index < -0.39 is 46.4 Å². The summed E-state index contributed by atoms with van der Waals surface area (Å²) in [4.78, 5) is 36.1. The van der Waals surface area contributed by atoms with Crippen LogP contribution in [0.2, 0.25) is 0 Å². The highest BCUT2D eigenvalue weighted by molar-refractivity contribution is 6.00. The summed E-state index contributed by atoms with van der Waals surface area (Å²) in [6, 6.07) is 7.89. The average Bonchev–Trinajstić information content (AvgIpc) is 2.65. The van der Waals surface area contributed by atoms with Crippen molar-refractivity contribution in [1.82, 2.24) is 4.90 Å². The maximum atomic E-state index is 13.0. The van der Waals surface area contributed by atoms with E-state index in [4.69, 9.17) is 5.73 Å². The Morgan fingerprint density at radius 1 is 1.21 bits per heavy atom. The standard InChI is InChI=1S/C18H17F3N4O4/c1-2-24(17(27)11-7-8-13(22)15(9-11)25(28)29)10-16(26)23-14-6-4-3-5-12(14)18(19,20)21/h3-9H,2,10,22H2,1H3,(H,23,26). The predicted molar refractivity (Wildman–Crippen MR) is 99.2 cm³/mol. The molecule has 3 N–H and O–H groups in total. The largest absolute Gasteiger partial charge is 0.418 e. The number of hydrogen-bond donors (Lipinski definition) is 2. The van der Waals surface area contributed by atoms with Crippen molar-refractivity contribution in [3.8, 4) is 0 Å². The molecule has 0 heterocycles. The van der Waals surface area contributed by atoms with E-state index >= 15 is 0 Å². The lowest BCUT2D eigenvalue weighted by Gasteiger charge is -2.21. The number of nitro benzene ring substituents is 1. The van der Waals surface area contributed by atoms with E-state index in [0.717, 1.165) is 23.1 Å². The number of nitro groups is 1. The molecular weight excluding hydrogens is 393 g/mol. The Morgan fingerprint density at radius 2 is 1.86 bits per heavy atom. The van der Waals surface area contributed by atoms with Crippen LogP contribution in [0.25, 0.3) is 0 Å². The maximum Gasteiger partial charge on any atom is 0.418 e. The Labute approximate surface area is 163 Å². The summed E-state index contributed by atoms with van der Waals surface area (Å²) < 4.78 is 39.1.